The molecule has 1 nitrogen and oxygen atoms in total. The highest BCUT2D eigenvalue weighted by atomic mass is 16.1. The fraction of sp³-hybridized carbons (Fsp3) is 0.0800. The summed E-state index contributed by atoms with van der Waals surface area (Å²) < 4.78 is 0. The summed E-state index contributed by atoms with van der Waals surface area (Å²) in [6.07, 6.45) is 4.64. The molecule has 0 heterocycles. The molecule has 0 amide bonds. The number of ketones is 1. The molecule has 0 atom stereocenters. The van der Waals surface area contributed by atoms with Crippen LogP contribution < -0.4 is 0 Å². The molecule has 6 rings (SSSR count). The van der Waals surface area contributed by atoms with E-state index in [9.17, 15) is 4.79 Å². The Kier molecular flexibility index (Phi) is 2.54. The monoisotopic (exact) mass is 332 g/mol. The van der Waals surface area contributed by atoms with Crippen molar-refractivity contribution in [3.63, 3.8) is 0 Å². The van der Waals surface area contributed by atoms with Crippen LogP contribution in [0.5, 0.6) is 0 Å². The largest absolute Gasteiger partial charge is 0.294 e. The molecule has 0 aliphatic heterocycles. The van der Waals surface area contributed by atoms with Crippen LogP contribution in [0.1, 0.15) is 28.7 Å². The third-order valence-electron chi connectivity index (χ3n) is 6.08. The number of benzene rings is 3. The highest BCUT2D eigenvalue weighted by Gasteiger charge is 2.54. The van der Waals surface area contributed by atoms with Gasteiger partial charge in [0.05, 0.1) is 5.41 Å². The van der Waals surface area contributed by atoms with Crippen molar-refractivity contribution < 1.29 is 4.79 Å². The second kappa shape index (κ2) is 4.70. The highest BCUT2D eigenvalue weighted by Crippen LogP contribution is 2.62. The molecule has 1 heteroatoms. The number of hydrogen-bond acceptors (Lipinski definition) is 1. The van der Waals surface area contributed by atoms with E-state index in [1.54, 1.807) is 0 Å². The molecule has 0 unspecified atom stereocenters. The molecule has 1 spiro atoms. The second-order valence-corrected chi connectivity index (χ2v) is 7.21. The molecule has 0 saturated carbocycles. The predicted octanol–water partition coefficient (Wildman–Crippen LogP) is 5.30. The fourth-order valence-electron chi connectivity index (χ4n) is 5.23. The molecule has 3 aromatic carbocycles. The second-order valence-electron chi connectivity index (χ2n) is 7.21. The molecular formula is C25H16O. The van der Waals surface area contributed by atoms with Crippen LogP contribution in [0.2, 0.25) is 0 Å². The van der Waals surface area contributed by atoms with Crippen LogP contribution in [0.25, 0.3) is 16.7 Å². The third-order valence-corrected chi connectivity index (χ3v) is 6.08. The molecule has 26 heavy (non-hydrogen) atoms. The van der Waals surface area contributed by atoms with E-state index < -0.39 is 5.41 Å². The Morgan fingerprint density at radius 3 is 1.77 bits per heavy atom. The maximum Gasteiger partial charge on any atom is 0.164 e. The summed E-state index contributed by atoms with van der Waals surface area (Å²) in [7, 11) is 0. The molecule has 0 saturated heterocycles. The average molecular weight is 332 g/mol. The normalized spacial score (nSPS) is 17.9. The quantitative estimate of drug-likeness (QED) is 0.546. The van der Waals surface area contributed by atoms with E-state index in [1.807, 2.05) is 6.08 Å². The minimum atomic E-state index is -0.471. The maximum absolute atomic E-state index is 13.2. The zero-order valence-electron chi connectivity index (χ0n) is 14.2. The Morgan fingerprint density at radius 1 is 0.654 bits per heavy atom. The lowest BCUT2D eigenvalue weighted by Gasteiger charge is -2.32. The Balaban J connectivity index is 1.87. The Bertz CT molecular complexity index is 1130. The lowest BCUT2D eigenvalue weighted by Crippen LogP contribution is -2.31. The van der Waals surface area contributed by atoms with Crippen LogP contribution in [0.15, 0.2) is 90.5 Å². The van der Waals surface area contributed by atoms with E-state index in [-0.39, 0.29) is 5.78 Å². The first-order valence-corrected chi connectivity index (χ1v) is 9.07. The van der Waals surface area contributed by atoms with Gasteiger partial charge in [0.25, 0.3) is 0 Å². The minimum absolute atomic E-state index is 0.241. The number of rotatable bonds is 0. The van der Waals surface area contributed by atoms with Crippen molar-refractivity contribution in [3.05, 3.63) is 113 Å². The van der Waals surface area contributed by atoms with Gasteiger partial charge in [0.15, 0.2) is 5.78 Å². The van der Waals surface area contributed by atoms with E-state index in [2.05, 4.69) is 78.9 Å². The van der Waals surface area contributed by atoms with Crippen molar-refractivity contribution in [2.45, 2.75) is 11.8 Å². The lowest BCUT2D eigenvalue weighted by molar-refractivity contribution is -0.115. The van der Waals surface area contributed by atoms with Gasteiger partial charge in [-0.15, -0.1) is 0 Å². The van der Waals surface area contributed by atoms with Crippen LogP contribution in [0.3, 0.4) is 0 Å². The van der Waals surface area contributed by atoms with E-state index in [1.165, 1.54) is 33.4 Å². The van der Waals surface area contributed by atoms with Crippen molar-refractivity contribution in [2.75, 3.05) is 0 Å². The number of carbonyl (C=O) groups excluding carboxylic acids is 1. The van der Waals surface area contributed by atoms with E-state index in [0.29, 0.717) is 6.42 Å². The number of hydrogen-bond donors (Lipinski definition) is 0. The van der Waals surface area contributed by atoms with Crippen LogP contribution >= 0.6 is 0 Å². The molecule has 0 bridgehead atoms. The van der Waals surface area contributed by atoms with Gasteiger partial charge in [0.2, 0.25) is 0 Å². The van der Waals surface area contributed by atoms with Gasteiger partial charge in [-0.25, -0.2) is 0 Å². The van der Waals surface area contributed by atoms with Gasteiger partial charge in [0, 0.05) is 12.0 Å². The Morgan fingerprint density at radius 2 is 1.15 bits per heavy atom. The summed E-state index contributed by atoms with van der Waals surface area (Å²) in [4.78, 5) is 13.2. The van der Waals surface area contributed by atoms with E-state index in [0.717, 1.165) is 11.1 Å². The number of allylic oxidation sites excluding steroid dienone is 4. The maximum atomic E-state index is 13.2. The number of Topliss-reactive ketones (excluding diaryl/α,β-unsaturated/α-hetero) is 1. The van der Waals surface area contributed by atoms with Crippen molar-refractivity contribution >= 4 is 11.4 Å². The van der Waals surface area contributed by atoms with Gasteiger partial charge < -0.3 is 0 Å². The number of fused-ring (bicyclic) bond motifs is 9. The van der Waals surface area contributed by atoms with Crippen molar-refractivity contribution in [1.29, 1.82) is 0 Å². The standard InChI is InChI=1S/C25H16O/c26-23-15-7-11-19-18-10-3-6-14-22(18)25(24(19)23)20-12-4-1-8-16(20)17-9-2-5-13-21(17)25/h1-14H,15H2. The smallest absolute Gasteiger partial charge is 0.164 e. The molecular weight excluding hydrogens is 316 g/mol. The summed E-state index contributed by atoms with van der Waals surface area (Å²) in [6, 6.07) is 25.7. The Hall–Kier alpha value is -3.19. The van der Waals surface area contributed by atoms with Gasteiger partial charge >= 0.3 is 0 Å². The molecule has 0 radical (unpaired) electrons. The lowest BCUT2D eigenvalue weighted by atomic mass is 9.68. The van der Waals surface area contributed by atoms with Gasteiger partial charge in [-0.3, -0.25) is 4.79 Å². The van der Waals surface area contributed by atoms with Gasteiger partial charge in [0.1, 0.15) is 0 Å². The predicted molar refractivity (Wildman–Crippen MR) is 104 cm³/mol. The third kappa shape index (κ3) is 1.42. The first-order chi connectivity index (χ1) is 12.8. The molecule has 0 N–H and O–H groups in total. The minimum Gasteiger partial charge on any atom is -0.294 e. The first kappa shape index (κ1) is 14.0. The summed E-state index contributed by atoms with van der Waals surface area (Å²) in [5.74, 6) is 0.241. The molecule has 3 aromatic rings. The highest BCUT2D eigenvalue weighted by molar-refractivity contribution is 6.15. The van der Waals surface area contributed by atoms with Gasteiger partial charge in [-0.1, -0.05) is 84.9 Å². The van der Waals surface area contributed by atoms with Gasteiger partial charge in [-0.2, -0.15) is 0 Å². The molecule has 3 aliphatic rings. The van der Waals surface area contributed by atoms with Crippen molar-refractivity contribution in [2.24, 2.45) is 0 Å². The van der Waals surface area contributed by atoms with Crippen LogP contribution in [0, 0.1) is 0 Å². The number of carbonyl (C=O) groups is 1. The first-order valence-electron chi connectivity index (χ1n) is 9.07. The zero-order valence-corrected chi connectivity index (χ0v) is 14.2. The average Bonchev–Trinajstić information content (AvgIpc) is 3.16. The summed E-state index contributed by atoms with van der Waals surface area (Å²) in [5, 5.41) is 0. The molecule has 0 fully saturated rings. The fourth-order valence-corrected chi connectivity index (χ4v) is 5.23. The van der Waals surface area contributed by atoms with E-state index in [4.69, 9.17) is 0 Å². The molecule has 122 valence electrons. The van der Waals surface area contributed by atoms with Crippen molar-refractivity contribution in [1.82, 2.24) is 0 Å². The van der Waals surface area contributed by atoms with Gasteiger partial charge in [-0.05, 0) is 39.0 Å². The molecule has 0 aromatic heterocycles. The van der Waals surface area contributed by atoms with Crippen molar-refractivity contribution in [3.8, 4) is 11.1 Å². The summed E-state index contributed by atoms with van der Waals surface area (Å²) in [5.41, 5.74) is 8.98. The Labute approximate surface area is 152 Å². The zero-order chi connectivity index (χ0) is 17.3. The van der Waals surface area contributed by atoms with Crippen LogP contribution in [0.4, 0.5) is 0 Å². The summed E-state index contributed by atoms with van der Waals surface area (Å²) >= 11 is 0. The van der Waals surface area contributed by atoms with E-state index >= 15 is 0 Å². The summed E-state index contributed by atoms with van der Waals surface area (Å²) in [6.45, 7) is 0. The SMILES string of the molecule is O=C1CC=CC2=C1C1(c3ccccc32)c2ccccc2-c2ccccc21. The molecule has 3 aliphatic carbocycles. The topological polar surface area (TPSA) is 17.1 Å². The van der Waals surface area contributed by atoms with Crippen LogP contribution in [-0.4, -0.2) is 5.78 Å². The van der Waals surface area contributed by atoms with Crippen LogP contribution in [-0.2, 0) is 10.2 Å².